The number of pyridine rings is 1. The summed E-state index contributed by atoms with van der Waals surface area (Å²) in [6, 6.07) is 11.0. The molecule has 0 saturated heterocycles. The first-order valence-corrected chi connectivity index (χ1v) is 10.0. The lowest BCUT2D eigenvalue weighted by atomic mass is 10.1. The van der Waals surface area contributed by atoms with E-state index in [4.69, 9.17) is 0 Å². The molecule has 1 amide bonds. The number of carbonyl (C=O) groups is 1. The molecule has 1 aliphatic rings. The van der Waals surface area contributed by atoms with Gasteiger partial charge in [0.2, 0.25) is 5.88 Å². The van der Waals surface area contributed by atoms with Crippen LogP contribution in [0.5, 0.6) is 5.88 Å². The molecule has 0 unspecified atom stereocenters. The number of allylic oxidation sites excluding steroid dienone is 1. The zero-order chi connectivity index (χ0) is 19.8. The van der Waals surface area contributed by atoms with Crippen LogP contribution in [0.15, 0.2) is 63.5 Å². The van der Waals surface area contributed by atoms with Gasteiger partial charge in [0.15, 0.2) is 10.6 Å². The fraction of sp³-hybridized carbons (Fsp3) is 0.100. The SMILES string of the molecule is C=CCn1c(O)c(C2=c3cc(Br)ccc3=NC2=O)s/c1=N/c1cccc(C)n1. The van der Waals surface area contributed by atoms with Gasteiger partial charge in [-0.05, 0) is 37.3 Å². The topological polar surface area (TPSA) is 79.8 Å². The second kappa shape index (κ2) is 7.29. The van der Waals surface area contributed by atoms with Gasteiger partial charge >= 0.3 is 0 Å². The molecule has 1 aromatic carbocycles. The van der Waals surface area contributed by atoms with E-state index < -0.39 is 0 Å². The molecule has 0 radical (unpaired) electrons. The van der Waals surface area contributed by atoms with E-state index in [0.29, 0.717) is 38.2 Å². The standard InChI is InChI=1S/C20H15BrN4O2S/c1-3-9-25-19(27)17(28-20(25)24-15-6-4-5-11(2)22-15)16-13-10-12(21)7-8-14(13)23-18(16)26/h3-8,10,27H,1,9H2,2H3/b24-20+. The number of thiazole rings is 1. The van der Waals surface area contributed by atoms with E-state index >= 15 is 0 Å². The molecule has 6 nitrogen and oxygen atoms in total. The van der Waals surface area contributed by atoms with Crippen LogP contribution in [0.3, 0.4) is 0 Å². The number of fused-ring (bicyclic) bond motifs is 1. The number of nitrogens with zero attached hydrogens (tertiary/aromatic N) is 4. The highest BCUT2D eigenvalue weighted by molar-refractivity contribution is 9.10. The summed E-state index contributed by atoms with van der Waals surface area (Å²) in [4.78, 5) is 26.6. The molecule has 0 atom stereocenters. The molecule has 0 aliphatic carbocycles. The molecule has 0 spiro atoms. The second-order valence-corrected chi connectivity index (χ2v) is 8.03. The number of halogens is 1. The van der Waals surface area contributed by atoms with Gasteiger partial charge in [0.25, 0.3) is 5.91 Å². The van der Waals surface area contributed by atoms with Crippen LogP contribution < -0.4 is 15.4 Å². The maximum absolute atomic E-state index is 12.6. The second-order valence-electron chi connectivity index (χ2n) is 6.14. The van der Waals surface area contributed by atoms with Crippen molar-refractivity contribution in [3.8, 4) is 5.88 Å². The summed E-state index contributed by atoms with van der Waals surface area (Å²) in [5.41, 5.74) is 1.21. The zero-order valence-corrected chi connectivity index (χ0v) is 17.3. The van der Waals surface area contributed by atoms with Crippen molar-refractivity contribution in [3.05, 3.63) is 79.5 Å². The highest BCUT2D eigenvalue weighted by Gasteiger charge is 2.25. The van der Waals surface area contributed by atoms with Crippen LogP contribution >= 0.6 is 27.3 Å². The Labute approximate surface area is 172 Å². The van der Waals surface area contributed by atoms with Crippen LogP contribution in [-0.2, 0) is 11.3 Å². The lowest BCUT2D eigenvalue weighted by molar-refractivity contribution is -0.112. The lowest BCUT2D eigenvalue weighted by Crippen LogP contribution is -2.22. The van der Waals surface area contributed by atoms with E-state index in [9.17, 15) is 9.90 Å². The Kier molecular flexibility index (Phi) is 4.82. The average molecular weight is 455 g/mol. The van der Waals surface area contributed by atoms with E-state index in [2.05, 4.69) is 37.5 Å². The van der Waals surface area contributed by atoms with Crippen molar-refractivity contribution >= 4 is 44.6 Å². The van der Waals surface area contributed by atoms with Crippen LogP contribution in [-0.4, -0.2) is 20.6 Å². The van der Waals surface area contributed by atoms with Crippen LogP contribution in [0.25, 0.3) is 5.57 Å². The Morgan fingerprint density at radius 1 is 1.36 bits per heavy atom. The summed E-state index contributed by atoms with van der Waals surface area (Å²) in [6.45, 7) is 5.98. The third-order valence-corrected chi connectivity index (χ3v) is 5.75. The van der Waals surface area contributed by atoms with Crippen molar-refractivity contribution in [2.45, 2.75) is 13.5 Å². The van der Waals surface area contributed by atoms with Gasteiger partial charge in [0.1, 0.15) is 4.88 Å². The molecule has 3 aromatic rings. The fourth-order valence-corrected chi connectivity index (χ4v) is 4.39. The molecule has 28 heavy (non-hydrogen) atoms. The summed E-state index contributed by atoms with van der Waals surface area (Å²) in [5, 5.41) is 12.1. The number of rotatable bonds is 4. The molecule has 140 valence electrons. The van der Waals surface area contributed by atoms with Gasteiger partial charge in [-0.2, -0.15) is 0 Å². The van der Waals surface area contributed by atoms with Crippen LogP contribution in [0.4, 0.5) is 5.82 Å². The summed E-state index contributed by atoms with van der Waals surface area (Å²) in [7, 11) is 0. The van der Waals surface area contributed by atoms with Crippen molar-refractivity contribution in [1.29, 1.82) is 0 Å². The van der Waals surface area contributed by atoms with E-state index in [1.54, 1.807) is 22.8 Å². The average Bonchev–Trinajstić information content (AvgIpc) is 3.12. The van der Waals surface area contributed by atoms with Gasteiger partial charge in [0.05, 0.1) is 10.9 Å². The Hall–Kier alpha value is -2.84. The van der Waals surface area contributed by atoms with Gasteiger partial charge in [-0.15, -0.1) is 6.58 Å². The highest BCUT2D eigenvalue weighted by atomic mass is 79.9. The monoisotopic (exact) mass is 454 g/mol. The Morgan fingerprint density at radius 3 is 2.93 bits per heavy atom. The summed E-state index contributed by atoms with van der Waals surface area (Å²) >= 11 is 4.65. The third kappa shape index (κ3) is 3.25. The van der Waals surface area contributed by atoms with Crippen molar-refractivity contribution in [3.63, 3.8) is 0 Å². The summed E-state index contributed by atoms with van der Waals surface area (Å²) < 4.78 is 2.44. The number of hydrogen-bond acceptors (Lipinski definition) is 5. The first-order valence-electron chi connectivity index (χ1n) is 8.43. The third-order valence-electron chi connectivity index (χ3n) is 4.17. The molecular formula is C20H15BrN4O2S. The summed E-state index contributed by atoms with van der Waals surface area (Å²) in [6.07, 6.45) is 1.66. The molecule has 0 bridgehead atoms. The number of carbonyl (C=O) groups excluding carboxylic acids is 1. The maximum Gasteiger partial charge on any atom is 0.279 e. The zero-order valence-electron chi connectivity index (χ0n) is 14.9. The fourth-order valence-electron chi connectivity index (χ4n) is 2.94. The number of aromatic hydroxyl groups is 1. The first-order chi connectivity index (χ1) is 13.5. The largest absolute Gasteiger partial charge is 0.493 e. The first kappa shape index (κ1) is 18.5. The quantitative estimate of drug-likeness (QED) is 0.614. The molecule has 0 saturated carbocycles. The summed E-state index contributed by atoms with van der Waals surface area (Å²) in [5.74, 6) is 0.111. The van der Waals surface area contributed by atoms with Crippen molar-refractivity contribution in [2.75, 3.05) is 0 Å². The molecule has 0 fully saturated rings. The lowest BCUT2D eigenvalue weighted by Gasteiger charge is -2.02. The van der Waals surface area contributed by atoms with Crippen LogP contribution in [0.1, 0.15) is 10.6 Å². The molecule has 2 aromatic heterocycles. The Bertz CT molecular complexity index is 1320. The van der Waals surface area contributed by atoms with E-state index in [0.717, 1.165) is 10.2 Å². The molecule has 3 heterocycles. The van der Waals surface area contributed by atoms with Crippen LogP contribution in [0.2, 0.25) is 0 Å². The minimum Gasteiger partial charge on any atom is -0.493 e. The maximum atomic E-state index is 12.6. The van der Waals surface area contributed by atoms with Gasteiger partial charge in [-0.3, -0.25) is 9.36 Å². The van der Waals surface area contributed by atoms with Gasteiger partial charge in [-0.25, -0.2) is 15.0 Å². The minimum atomic E-state index is -0.379. The van der Waals surface area contributed by atoms with E-state index in [-0.39, 0.29) is 11.8 Å². The molecule has 1 N–H and O–H groups in total. The van der Waals surface area contributed by atoms with E-state index in [1.165, 1.54) is 11.3 Å². The highest BCUT2D eigenvalue weighted by Crippen LogP contribution is 2.29. The number of hydrogen-bond donors (Lipinski definition) is 1. The van der Waals surface area contributed by atoms with Crippen molar-refractivity contribution < 1.29 is 9.90 Å². The predicted molar refractivity (Wildman–Crippen MR) is 111 cm³/mol. The number of benzene rings is 1. The minimum absolute atomic E-state index is 0.0392. The van der Waals surface area contributed by atoms with Gasteiger partial charge < -0.3 is 5.11 Å². The van der Waals surface area contributed by atoms with Crippen LogP contribution in [0, 0.1) is 6.92 Å². The van der Waals surface area contributed by atoms with Gasteiger partial charge in [-0.1, -0.05) is 39.4 Å². The normalized spacial score (nSPS) is 13.6. The van der Waals surface area contributed by atoms with Crippen molar-refractivity contribution in [1.82, 2.24) is 9.55 Å². The van der Waals surface area contributed by atoms with Gasteiger partial charge in [0, 0.05) is 21.9 Å². The van der Waals surface area contributed by atoms with Crippen molar-refractivity contribution in [2.24, 2.45) is 9.98 Å². The number of aryl methyl sites for hydroxylation is 1. The smallest absolute Gasteiger partial charge is 0.279 e. The number of amides is 1. The molecular weight excluding hydrogens is 440 g/mol. The van der Waals surface area contributed by atoms with E-state index in [1.807, 2.05) is 31.2 Å². The Balaban J connectivity index is 2.00. The predicted octanol–water partition coefficient (Wildman–Crippen LogP) is 2.50. The Morgan fingerprint density at radius 2 is 2.18 bits per heavy atom. The molecule has 4 rings (SSSR count). The number of aromatic nitrogens is 2. The molecule has 8 heteroatoms. The molecule has 1 aliphatic heterocycles.